The van der Waals surface area contributed by atoms with Crippen molar-refractivity contribution in [2.75, 3.05) is 0 Å². The Hall–Kier alpha value is -0.990. The Morgan fingerprint density at radius 2 is 1.90 bits per heavy atom. The van der Waals surface area contributed by atoms with Gasteiger partial charge in [0.1, 0.15) is 10.7 Å². The number of nitrogens with one attached hydrogen (secondary N) is 2. The van der Waals surface area contributed by atoms with E-state index < -0.39 is 38.2 Å². The molecule has 0 spiro atoms. The Bertz CT molecular complexity index is 641. The fraction of sp³-hybridized carbons (Fsp3) is 0.462. The van der Waals surface area contributed by atoms with Gasteiger partial charge in [0.2, 0.25) is 15.9 Å². The number of benzene rings is 1. The maximum atomic E-state index is 13.7. The minimum absolute atomic E-state index is 0.428. The first-order valence-electron chi connectivity index (χ1n) is 6.22. The molecule has 5 nitrogen and oxygen atoms in total. The zero-order valence-electron chi connectivity index (χ0n) is 12.2. The molecule has 0 fully saturated rings. The van der Waals surface area contributed by atoms with Crippen LogP contribution < -0.4 is 10.0 Å². The van der Waals surface area contributed by atoms with E-state index in [-0.39, 0.29) is 0 Å². The molecule has 0 aromatic heterocycles. The summed E-state index contributed by atoms with van der Waals surface area (Å²) in [5.41, 5.74) is -0.486. The second-order valence-electron chi connectivity index (χ2n) is 5.66. The molecule has 0 aliphatic rings. The molecule has 1 rings (SSSR count). The summed E-state index contributed by atoms with van der Waals surface area (Å²) in [7, 11) is -4.11. The van der Waals surface area contributed by atoms with E-state index in [1.165, 1.54) is 13.0 Å². The minimum atomic E-state index is -4.11. The van der Waals surface area contributed by atoms with Crippen molar-refractivity contribution in [1.29, 1.82) is 0 Å². The molecule has 0 bridgehead atoms. The second-order valence-corrected chi connectivity index (χ2v) is 8.26. The van der Waals surface area contributed by atoms with Crippen LogP contribution in [0.25, 0.3) is 0 Å². The van der Waals surface area contributed by atoms with Gasteiger partial charge in [-0.15, -0.1) is 0 Å². The first-order valence-corrected chi connectivity index (χ1v) is 8.49. The van der Waals surface area contributed by atoms with Crippen LogP contribution in [0.5, 0.6) is 0 Å². The summed E-state index contributed by atoms with van der Waals surface area (Å²) in [5, 5.41) is 2.65. The van der Waals surface area contributed by atoms with Gasteiger partial charge in [-0.25, -0.2) is 12.8 Å². The molecule has 0 saturated carbocycles. The van der Waals surface area contributed by atoms with Crippen molar-refractivity contribution in [2.45, 2.75) is 44.2 Å². The van der Waals surface area contributed by atoms with E-state index in [2.05, 4.69) is 26.0 Å². The standard InChI is InChI=1S/C13H18BrFN2O3S/c1-8(12(18)16-13(2,3)4)17-21(19,20)11-6-5-9(14)7-10(11)15/h5-8,17H,1-4H3,(H,16,18). The van der Waals surface area contributed by atoms with Crippen LogP contribution in [0.3, 0.4) is 0 Å². The molecule has 8 heteroatoms. The lowest BCUT2D eigenvalue weighted by atomic mass is 10.1. The van der Waals surface area contributed by atoms with Gasteiger partial charge in [0.25, 0.3) is 0 Å². The number of hydrogen-bond donors (Lipinski definition) is 2. The number of halogens is 2. The Balaban J connectivity index is 2.92. The number of rotatable bonds is 4. The van der Waals surface area contributed by atoms with Crippen molar-refractivity contribution >= 4 is 31.9 Å². The van der Waals surface area contributed by atoms with Crippen LogP contribution in [0.4, 0.5) is 4.39 Å². The van der Waals surface area contributed by atoms with Gasteiger partial charge in [0.15, 0.2) is 0 Å². The lowest BCUT2D eigenvalue weighted by molar-refractivity contribution is -0.123. The second kappa shape index (κ2) is 6.41. The fourth-order valence-electron chi connectivity index (χ4n) is 1.52. The largest absolute Gasteiger partial charge is 0.350 e. The van der Waals surface area contributed by atoms with Gasteiger partial charge >= 0.3 is 0 Å². The zero-order valence-corrected chi connectivity index (χ0v) is 14.6. The summed E-state index contributed by atoms with van der Waals surface area (Å²) in [5.74, 6) is -1.37. The number of carbonyl (C=O) groups is 1. The fourth-order valence-corrected chi connectivity index (χ4v) is 3.12. The molecule has 1 atom stereocenters. The third kappa shape index (κ3) is 5.37. The molecule has 118 valence electrons. The highest BCUT2D eigenvalue weighted by atomic mass is 79.9. The average Bonchev–Trinajstić information content (AvgIpc) is 2.24. The van der Waals surface area contributed by atoms with Gasteiger partial charge in [-0.3, -0.25) is 4.79 Å². The van der Waals surface area contributed by atoms with Gasteiger partial charge < -0.3 is 5.32 Å². The van der Waals surface area contributed by atoms with Crippen LogP contribution in [0.1, 0.15) is 27.7 Å². The number of hydrogen-bond acceptors (Lipinski definition) is 3. The SMILES string of the molecule is CC(NS(=O)(=O)c1ccc(Br)cc1F)C(=O)NC(C)(C)C. The van der Waals surface area contributed by atoms with Crippen LogP contribution in [0.15, 0.2) is 27.6 Å². The summed E-state index contributed by atoms with van der Waals surface area (Å²) < 4.78 is 40.5. The quantitative estimate of drug-likeness (QED) is 0.840. The highest BCUT2D eigenvalue weighted by Gasteiger charge is 2.26. The lowest BCUT2D eigenvalue weighted by Crippen LogP contribution is -2.50. The minimum Gasteiger partial charge on any atom is -0.350 e. The molecule has 1 aromatic carbocycles. The smallest absolute Gasteiger partial charge is 0.244 e. The van der Waals surface area contributed by atoms with E-state index in [9.17, 15) is 17.6 Å². The van der Waals surface area contributed by atoms with Crippen molar-refractivity contribution in [3.8, 4) is 0 Å². The van der Waals surface area contributed by atoms with Crippen LogP contribution in [0.2, 0.25) is 0 Å². The maximum absolute atomic E-state index is 13.7. The first-order chi connectivity index (χ1) is 9.42. The molecular formula is C13H18BrFN2O3S. The number of amides is 1. The van der Waals surface area contributed by atoms with E-state index in [0.29, 0.717) is 4.47 Å². The average molecular weight is 381 g/mol. The molecular weight excluding hydrogens is 363 g/mol. The molecule has 21 heavy (non-hydrogen) atoms. The Morgan fingerprint density at radius 3 is 2.38 bits per heavy atom. The van der Waals surface area contributed by atoms with E-state index in [1.807, 2.05) is 0 Å². The molecule has 0 aliphatic heterocycles. The van der Waals surface area contributed by atoms with Crippen molar-refractivity contribution in [1.82, 2.24) is 10.0 Å². The number of sulfonamides is 1. The van der Waals surface area contributed by atoms with E-state index in [1.54, 1.807) is 20.8 Å². The zero-order chi connectivity index (χ0) is 16.4. The van der Waals surface area contributed by atoms with Gasteiger partial charge in [0, 0.05) is 10.0 Å². The predicted molar refractivity (Wildman–Crippen MR) is 81.8 cm³/mol. The van der Waals surface area contributed by atoms with Crippen LogP contribution >= 0.6 is 15.9 Å². The van der Waals surface area contributed by atoms with Crippen molar-refractivity contribution in [2.24, 2.45) is 0 Å². The molecule has 0 aliphatic carbocycles. The molecule has 0 heterocycles. The topological polar surface area (TPSA) is 75.3 Å². The summed E-state index contributed by atoms with van der Waals surface area (Å²) in [6.45, 7) is 6.73. The summed E-state index contributed by atoms with van der Waals surface area (Å²) in [6, 6.07) is 2.58. The molecule has 0 saturated heterocycles. The Labute approximate surface area is 132 Å². The molecule has 1 unspecified atom stereocenters. The third-order valence-corrected chi connectivity index (χ3v) is 4.47. The number of carbonyl (C=O) groups excluding carboxylic acids is 1. The van der Waals surface area contributed by atoms with Crippen molar-refractivity contribution in [3.05, 3.63) is 28.5 Å². The van der Waals surface area contributed by atoms with E-state index in [0.717, 1.165) is 12.1 Å². The van der Waals surface area contributed by atoms with Crippen LogP contribution in [-0.2, 0) is 14.8 Å². The van der Waals surface area contributed by atoms with Gasteiger partial charge in [-0.2, -0.15) is 4.72 Å². The molecule has 1 amide bonds. The summed E-state index contributed by atoms with van der Waals surface area (Å²) >= 11 is 3.05. The van der Waals surface area contributed by atoms with Crippen LogP contribution in [0, 0.1) is 5.82 Å². The first kappa shape index (κ1) is 18.1. The Kier molecular flexibility index (Phi) is 5.51. The normalized spacial score (nSPS) is 13.8. The molecule has 2 N–H and O–H groups in total. The highest BCUT2D eigenvalue weighted by molar-refractivity contribution is 9.10. The van der Waals surface area contributed by atoms with E-state index >= 15 is 0 Å². The highest BCUT2D eigenvalue weighted by Crippen LogP contribution is 2.19. The monoisotopic (exact) mass is 380 g/mol. The molecule has 0 radical (unpaired) electrons. The van der Waals surface area contributed by atoms with Crippen LogP contribution in [-0.4, -0.2) is 25.9 Å². The van der Waals surface area contributed by atoms with Crippen molar-refractivity contribution < 1.29 is 17.6 Å². The summed E-state index contributed by atoms with van der Waals surface area (Å²) in [4.78, 5) is 11.4. The third-order valence-electron chi connectivity index (χ3n) is 2.41. The van der Waals surface area contributed by atoms with Gasteiger partial charge in [-0.1, -0.05) is 15.9 Å². The lowest BCUT2D eigenvalue weighted by Gasteiger charge is -2.23. The maximum Gasteiger partial charge on any atom is 0.244 e. The van der Waals surface area contributed by atoms with Crippen molar-refractivity contribution in [3.63, 3.8) is 0 Å². The van der Waals surface area contributed by atoms with Gasteiger partial charge in [0.05, 0.1) is 6.04 Å². The summed E-state index contributed by atoms with van der Waals surface area (Å²) in [6.07, 6.45) is 0. The van der Waals surface area contributed by atoms with Gasteiger partial charge in [-0.05, 0) is 45.9 Å². The van der Waals surface area contributed by atoms with E-state index in [4.69, 9.17) is 0 Å². The predicted octanol–water partition coefficient (Wildman–Crippen LogP) is 2.17. The molecule has 1 aromatic rings. The Morgan fingerprint density at radius 1 is 1.33 bits per heavy atom.